The summed E-state index contributed by atoms with van der Waals surface area (Å²) in [6.45, 7) is 0. The Morgan fingerprint density at radius 1 is 0.810 bits per heavy atom. The van der Waals surface area contributed by atoms with E-state index in [1.807, 2.05) is 42.5 Å². The molecule has 0 heterocycles. The molecule has 0 amide bonds. The highest BCUT2D eigenvalue weighted by atomic mass is 79.9. The van der Waals surface area contributed by atoms with E-state index in [1.165, 1.54) is 6.07 Å². The summed E-state index contributed by atoms with van der Waals surface area (Å²) in [5.41, 5.74) is 1.69. The van der Waals surface area contributed by atoms with E-state index in [1.54, 1.807) is 6.07 Å². The molecule has 4 heteroatoms. The highest BCUT2D eigenvalue weighted by Gasteiger charge is 2.18. The van der Waals surface area contributed by atoms with E-state index < -0.39 is 5.38 Å². The van der Waals surface area contributed by atoms with Gasteiger partial charge >= 0.3 is 0 Å². The molecule has 0 radical (unpaired) electrons. The molecule has 0 fully saturated rings. The molecule has 1 unspecified atom stereocenters. The Kier molecular flexibility index (Phi) is 4.34. The van der Waals surface area contributed by atoms with E-state index in [0.29, 0.717) is 4.47 Å². The Balaban J connectivity index is 2.21. The number of alkyl halides is 1. The maximum Gasteiger partial charge on any atom is 0.137 e. The molecule has 0 N–H and O–H groups in total. The van der Waals surface area contributed by atoms with Gasteiger partial charge in [0.15, 0.2) is 0 Å². The van der Waals surface area contributed by atoms with Gasteiger partial charge in [-0.3, -0.25) is 0 Å². The summed E-state index contributed by atoms with van der Waals surface area (Å²) in [4.78, 5) is 0. The van der Waals surface area contributed by atoms with Crippen molar-refractivity contribution < 1.29 is 4.39 Å². The van der Waals surface area contributed by atoms with Gasteiger partial charge in [-0.1, -0.05) is 58.4 Å². The van der Waals surface area contributed by atoms with Crippen LogP contribution in [0.4, 0.5) is 4.39 Å². The summed E-state index contributed by atoms with van der Waals surface area (Å²) >= 11 is 13.5. The Bertz CT molecular complexity index is 817. The first-order chi connectivity index (χ1) is 10.1. The highest BCUT2D eigenvalue weighted by molar-refractivity contribution is 9.11. The van der Waals surface area contributed by atoms with Crippen molar-refractivity contribution >= 4 is 54.2 Å². The number of fused-ring (bicyclic) bond motifs is 1. The lowest BCUT2D eigenvalue weighted by Crippen LogP contribution is -1.97. The Morgan fingerprint density at radius 2 is 1.52 bits per heavy atom. The quantitative estimate of drug-likeness (QED) is 0.392. The third-order valence-electron chi connectivity index (χ3n) is 3.43. The highest BCUT2D eigenvalue weighted by Crippen LogP contribution is 2.39. The van der Waals surface area contributed by atoms with Gasteiger partial charge in [0.05, 0.1) is 9.85 Å². The van der Waals surface area contributed by atoms with Crippen LogP contribution >= 0.6 is 43.5 Å². The lowest BCUT2D eigenvalue weighted by Gasteiger charge is -2.16. The average molecular weight is 429 g/mol. The molecule has 0 nitrogen and oxygen atoms in total. The second kappa shape index (κ2) is 6.07. The van der Waals surface area contributed by atoms with E-state index in [9.17, 15) is 4.39 Å². The Labute approximate surface area is 144 Å². The third-order valence-corrected chi connectivity index (χ3v) is 5.43. The molecule has 0 aromatic heterocycles. The van der Waals surface area contributed by atoms with Crippen molar-refractivity contribution in [3.63, 3.8) is 0 Å². The van der Waals surface area contributed by atoms with Gasteiger partial charge in [0.2, 0.25) is 0 Å². The molecule has 0 saturated heterocycles. The topological polar surface area (TPSA) is 0 Å². The van der Waals surface area contributed by atoms with Gasteiger partial charge in [0.1, 0.15) is 5.82 Å². The number of rotatable bonds is 2. The van der Waals surface area contributed by atoms with Crippen molar-refractivity contribution in [2.45, 2.75) is 5.38 Å². The molecular weight excluding hydrogens is 418 g/mol. The number of halogens is 4. The van der Waals surface area contributed by atoms with Crippen molar-refractivity contribution in [1.82, 2.24) is 0 Å². The fraction of sp³-hybridized carbons (Fsp3) is 0.0588. The lowest BCUT2D eigenvalue weighted by molar-refractivity contribution is 0.618. The minimum absolute atomic E-state index is 0.306. The molecule has 0 saturated carbocycles. The number of benzene rings is 3. The molecule has 3 rings (SSSR count). The van der Waals surface area contributed by atoms with E-state index >= 15 is 0 Å². The number of hydrogen-bond acceptors (Lipinski definition) is 0. The first kappa shape index (κ1) is 15.0. The van der Waals surface area contributed by atoms with Crippen molar-refractivity contribution in [3.05, 3.63) is 80.5 Å². The van der Waals surface area contributed by atoms with Gasteiger partial charge in [-0.2, -0.15) is 0 Å². The van der Waals surface area contributed by atoms with E-state index in [4.69, 9.17) is 11.6 Å². The van der Waals surface area contributed by atoms with Crippen LogP contribution in [-0.2, 0) is 0 Å². The van der Waals surface area contributed by atoms with E-state index in [-0.39, 0.29) is 5.82 Å². The van der Waals surface area contributed by atoms with Crippen molar-refractivity contribution in [2.24, 2.45) is 0 Å². The van der Waals surface area contributed by atoms with Crippen molar-refractivity contribution in [3.8, 4) is 0 Å². The second-order valence-electron chi connectivity index (χ2n) is 4.69. The van der Waals surface area contributed by atoms with Gasteiger partial charge in [-0.05, 0) is 50.0 Å². The van der Waals surface area contributed by atoms with Crippen LogP contribution in [0, 0.1) is 5.82 Å². The van der Waals surface area contributed by atoms with Gasteiger partial charge in [0, 0.05) is 4.47 Å². The van der Waals surface area contributed by atoms with Crippen LogP contribution in [0.2, 0.25) is 0 Å². The zero-order chi connectivity index (χ0) is 15.0. The molecule has 1 atom stereocenters. The largest absolute Gasteiger partial charge is 0.206 e. The summed E-state index contributed by atoms with van der Waals surface area (Å²) in [7, 11) is 0. The minimum atomic E-state index is -0.423. The van der Waals surface area contributed by atoms with Crippen molar-refractivity contribution in [2.75, 3.05) is 0 Å². The van der Waals surface area contributed by atoms with Crippen LogP contribution in [-0.4, -0.2) is 0 Å². The van der Waals surface area contributed by atoms with Crippen LogP contribution in [0.3, 0.4) is 0 Å². The van der Waals surface area contributed by atoms with Gasteiger partial charge < -0.3 is 0 Å². The predicted octanol–water partition coefficient (Wildman–Crippen LogP) is 6.83. The Hall–Kier alpha value is -0.900. The normalized spacial score (nSPS) is 12.6. The second-order valence-corrected chi connectivity index (χ2v) is 6.77. The molecule has 0 aliphatic carbocycles. The van der Waals surface area contributed by atoms with E-state index in [0.717, 1.165) is 26.4 Å². The van der Waals surface area contributed by atoms with Gasteiger partial charge in [0.25, 0.3) is 0 Å². The predicted molar refractivity (Wildman–Crippen MR) is 93.4 cm³/mol. The summed E-state index contributed by atoms with van der Waals surface area (Å²) in [5.74, 6) is -0.306. The molecule has 0 aliphatic rings. The maximum absolute atomic E-state index is 13.7. The van der Waals surface area contributed by atoms with Gasteiger partial charge in [-0.25, -0.2) is 4.39 Å². The maximum atomic E-state index is 13.7. The third kappa shape index (κ3) is 2.75. The standard InChI is InChI=1S/C17H10Br2ClF/c18-14-9-8-12(10-4-1-2-5-11(10)14)17(20)13-6-3-7-15(21)16(13)19/h1-9,17H. The minimum Gasteiger partial charge on any atom is -0.206 e. The van der Waals surface area contributed by atoms with Crippen LogP contribution in [0.25, 0.3) is 10.8 Å². The molecule has 0 bridgehead atoms. The van der Waals surface area contributed by atoms with Crippen LogP contribution in [0.15, 0.2) is 63.5 Å². The van der Waals surface area contributed by atoms with E-state index in [2.05, 4.69) is 31.9 Å². The Morgan fingerprint density at radius 3 is 2.29 bits per heavy atom. The fourth-order valence-corrected chi connectivity index (χ4v) is 3.87. The molecular formula is C17H10Br2ClF. The molecule has 0 spiro atoms. The smallest absolute Gasteiger partial charge is 0.137 e. The van der Waals surface area contributed by atoms with Crippen LogP contribution < -0.4 is 0 Å². The summed E-state index contributed by atoms with van der Waals surface area (Å²) < 4.78 is 15.2. The zero-order valence-electron chi connectivity index (χ0n) is 10.8. The molecule has 0 aliphatic heterocycles. The first-order valence-corrected chi connectivity index (χ1v) is 8.37. The van der Waals surface area contributed by atoms with Gasteiger partial charge in [-0.15, -0.1) is 11.6 Å². The zero-order valence-corrected chi connectivity index (χ0v) is 14.7. The summed E-state index contributed by atoms with van der Waals surface area (Å²) in [6, 6.07) is 16.9. The SMILES string of the molecule is Fc1cccc(C(Cl)c2ccc(Br)c3ccccc23)c1Br. The van der Waals surface area contributed by atoms with Crippen LogP contribution in [0.5, 0.6) is 0 Å². The van der Waals surface area contributed by atoms with Crippen molar-refractivity contribution in [1.29, 1.82) is 0 Å². The average Bonchev–Trinajstić information content (AvgIpc) is 2.50. The number of hydrogen-bond donors (Lipinski definition) is 0. The fourth-order valence-electron chi connectivity index (χ4n) is 2.39. The molecule has 3 aromatic rings. The molecule has 3 aromatic carbocycles. The summed E-state index contributed by atoms with van der Waals surface area (Å²) in [6.07, 6.45) is 0. The monoisotopic (exact) mass is 426 g/mol. The van der Waals surface area contributed by atoms with Crippen LogP contribution in [0.1, 0.15) is 16.5 Å². The first-order valence-electron chi connectivity index (χ1n) is 6.34. The molecule has 106 valence electrons. The molecule has 21 heavy (non-hydrogen) atoms. The summed E-state index contributed by atoms with van der Waals surface area (Å²) in [5, 5.41) is 1.73. The lowest BCUT2D eigenvalue weighted by atomic mass is 9.98.